The molecule has 1 N–H and O–H groups in total. The minimum Gasteiger partial charge on any atom is -0.480 e. The number of carbonyl (C=O) groups is 1. The van der Waals surface area contributed by atoms with E-state index in [2.05, 4.69) is 42.3 Å². The van der Waals surface area contributed by atoms with Gasteiger partial charge in [-0.15, -0.1) is 0 Å². The monoisotopic (exact) mass is 402 g/mol. The largest absolute Gasteiger partial charge is 0.480 e. The number of halogens is 2. The van der Waals surface area contributed by atoms with E-state index in [1.165, 1.54) is 0 Å². The highest BCUT2D eigenvalue weighted by Gasteiger charge is 2.17. The summed E-state index contributed by atoms with van der Waals surface area (Å²) in [6.45, 7) is 3.41. The Labute approximate surface area is 132 Å². The quantitative estimate of drug-likeness (QED) is 0.840. The van der Waals surface area contributed by atoms with Gasteiger partial charge in [-0.05, 0) is 48.0 Å². The average Bonchev–Trinajstić information content (AvgIpc) is 2.78. The Hall–Kier alpha value is -1.34. The maximum absolute atomic E-state index is 12.0. The van der Waals surface area contributed by atoms with Crippen LogP contribution in [0.15, 0.2) is 37.7 Å². The topological polar surface area (TPSA) is 64.4 Å². The minimum absolute atomic E-state index is 0.298. The van der Waals surface area contributed by atoms with Crippen molar-refractivity contribution in [2.75, 3.05) is 5.32 Å². The number of amides is 1. The van der Waals surface area contributed by atoms with Gasteiger partial charge in [0.05, 0.1) is 4.47 Å². The van der Waals surface area contributed by atoms with Gasteiger partial charge < -0.3 is 14.6 Å². The number of aromatic nitrogens is 1. The Morgan fingerprint density at radius 1 is 1.40 bits per heavy atom. The molecule has 1 unspecified atom stereocenters. The summed E-state index contributed by atoms with van der Waals surface area (Å²) in [5.74, 6) is 1.29. The van der Waals surface area contributed by atoms with E-state index in [-0.39, 0.29) is 5.91 Å². The third kappa shape index (κ3) is 3.83. The molecule has 2 aromatic rings. The van der Waals surface area contributed by atoms with Crippen LogP contribution >= 0.6 is 31.9 Å². The summed E-state index contributed by atoms with van der Waals surface area (Å²) in [6.07, 6.45) is -0.663. The van der Waals surface area contributed by atoms with Gasteiger partial charge in [-0.3, -0.25) is 4.79 Å². The van der Waals surface area contributed by atoms with E-state index in [9.17, 15) is 4.79 Å². The third-order valence-corrected chi connectivity index (χ3v) is 3.56. The lowest BCUT2D eigenvalue weighted by Gasteiger charge is -2.14. The summed E-state index contributed by atoms with van der Waals surface area (Å²) >= 11 is 6.74. The molecular formula is C13H12Br2N2O3. The molecule has 0 saturated carbocycles. The second-order valence-corrected chi connectivity index (χ2v) is 5.92. The number of hydrogen-bond acceptors (Lipinski definition) is 4. The van der Waals surface area contributed by atoms with Crippen molar-refractivity contribution in [2.24, 2.45) is 0 Å². The summed E-state index contributed by atoms with van der Waals surface area (Å²) in [5, 5.41) is 6.32. The van der Waals surface area contributed by atoms with Crippen molar-refractivity contribution in [3.8, 4) is 5.75 Å². The molecule has 1 atom stereocenters. The molecule has 0 saturated heterocycles. The van der Waals surface area contributed by atoms with Crippen LogP contribution < -0.4 is 10.1 Å². The van der Waals surface area contributed by atoms with Crippen LogP contribution in [-0.2, 0) is 4.79 Å². The first kappa shape index (κ1) is 15.1. The Kier molecular flexibility index (Phi) is 4.82. The molecule has 1 amide bonds. The van der Waals surface area contributed by atoms with Gasteiger partial charge in [0, 0.05) is 10.5 Å². The number of hydrogen-bond donors (Lipinski definition) is 1. The third-order valence-electron chi connectivity index (χ3n) is 2.45. The number of carbonyl (C=O) groups excluding carboxylic acids is 1. The van der Waals surface area contributed by atoms with Crippen molar-refractivity contribution in [1.82, 2.24) is 5.16 Å². The Morgan fingerprint density at radius 3 is 2.75 bits per heavy atom. The van der Waals surface area contributed by atoms with E-state index in [4.69, 9.17) is 9.26 Å². The predicted molar refractivity (Wildman–Crippen MR) is 81.8 cm³/mol. The summed E-state index contributed by atoms with van der Waals surface area (Å²) in [4.78, 5) is 12.0. The number of anilines is 1. The maximum Gasteiger partial charge on any atom is 0.266 e. The molecule has 0 aliphatic heterocycles. The van der Waals surface area contributed by atoms with Gasteiger partial charge in [0.2, 0.25) is 0 Å². The smallest absolute Gasteiger partial charge is 0.266 e. The van der Waals surface area contributed by atoms with Crippen LogP contribution in [-0.4, -0.2) is 17.2 Å². The van der Waals surface area contributed by atoms with E-state index in [0.29, 0.717) is 17.3 Å². The number of nitrogens with zero attached hydrogens (tertiary/aromatic N) is 1. The van der Waals surface area contributed by atoms with Gasteiger partial charge in [-0.2, -0.15) is 0 Å². The highest BCUT2D eigenvalue weighted by atomic mass is 79.9. The van der Waals surface area contributed by atoms with Gasteiger partial charge in [0.25, 0.3) is 5.91 Å². The van der Waals surface area contributed by atoms with E-state index in [1.807, 2.05) is 12.1 Å². The van der Waals surface area contributed by atoms with Crippen LogP contribution in [0, 0.1) is 6.92 Å². The highest BCUT2D eigenvalue weighted by Crippen LogP contribution is 2.29. The Morgan fingerprint density at radius 2 is 2.15 bits per heavy atom. The summed E-state index contributed by atoms with van der Waals surface area (Å²) in [5.41, 5.74) is 0. The minimum atomic E-state index is -0.663. The Balaban J connectivity index is 2.00. The first-order valence-corrected chi connectivity index (χ1v) is 7.40. The molecule has 106 valence electrons. The van der Waals surface area contributed by atoms with Crippen molar-refractivity contribution < 1.29 is 14.1 Å². The molecule has 0 bridgehead atoms. The van der Waals surface area contributed by atoms with Crippen LogP contribution in [0.25, 0.3) is 0 Å². The van der Waals surface area contributed by atoms with Crippen LogP contribution in [0.1, 0.15) is 12.7 Å². The van der Waals surface area contributed by atoms with Crippen molar-refractivity contribution in [1.29, 1.82) is 0 Å². The fourth-order valence-corrected chi connectivity index (χ4v) is 2.61. The fraction of sp³-hybridized carbons (Fsp3) is 0.231. The molecule has 1 heterocycles. The van der Waals surface area contributed by atoms with E-state index in [1.54, 1.807) is 26.0 Å². The number of benzene rings is 1. The number of nitrogens with one attached hydrogen (secondary N) is 1. The first-order chi connectivity index (χ1) is 9.45. The molecule has 1 aromatic heterocycles. The lowest BCUT2D eigenvalue weighted by Crippen LogP contribution is -2.30. The normalized spacial score (nSPS) is 12.0. The summed E-state index contributed by atoms with van der Waals surface area (Å²) in [6, 6.07) is 7.10. The van der Waals surface area contributed by atoms with Crippen molar-refractivity contribution in [3.63, 3.8) is 0 Å². The van der Waals surface area contributed by atoms with Gasteiger partial charge in [-0.25, -0.2) is 0 Å². The van der Waals surface area contributed by atoms with Crippen LogP contribution in [0.5, 0.6) is 5.75 Å². The zero-order chi connectivity index (χ0) is 14.7. The SMILES string of the molecule is Cc1cc(NC(=O)C(C)Oc2ccc(Br)cc2Br)no1. The van der Waals surface area contributed by atoms with Gasteiger partial charge >= 0.3 is 0 Å². The van der Waals surface area contributed by atoms with Gasteiger partial charge in [0.1, 0.15) is 11.5 Å². The molecule has 0 aliphatic carbocycles. The van der Waals surface area contributed by atoms with Gasteiger partial charge in [-0.1, -0.05) is 21.1 Å². The predicted octanol–water partition coefficient (Wildman–Crippen LogP) is 3.91. The van der Waals surface area contributed by atoms with Crippen LogP contribution in [0.3, 0.4) is 0 Å². The van der Waals surface area contributed by atoms with E-state index < -0.39 is 6.10 Å². The van der Waals surface area contributed by atoms with Crippen LogP contribution in [0.4, 0.5) is 5.82 Å². The molecule has 5 nitrogen and oxygen atoms in total. The van der Waals surface area contributed by atoms with E-state index >= 15 is 0 Å². The molecule has 1 aromatic carbocycles. The molecule has 0 spiro atoms. The molecule has 0 aliphatic rings. The lowest BCUT2D eigenvalue weighted by atomic mass is 10.3. The summed E-state index contributed by atoms with van der Waals surface area (Å²) < 4.78 is 12.2. The average molecular weight is 404 g/mol. The first-order valence-electron chi connectivity index (χ1n) is 5.81. The second kappa shape index (κ2) is 6.41. The summed E-state index contributed by atoms with van der Waals surface area (Å²) in [7, 11) is 0. The zero-order valence-electron chi connectivity index (χ0n) is 10.8. The maximum atomic E-state index is 12.0. The molecular weight excluding hydrogens is 392 g/mol. The van der Waals surface area contributed by atoms with Crippen molar-refractivity contribution in [3.05, 3.63) is 39.0 Å². The number of ether oxygens (including phenoxy) is 1. The zero-order valence-corrected chi connectivity index (χ0v) is 14.0. The second-order valence-electron chi connectivity index (χ2n) is 4.15. The lowest BCUT2D eigenvalue weighted by molar-refractivity contribution is -0.122. The van der Waals surface area contributed by atoms with Gasteiger partial charge in [0.15, 0.2) is 11.9 Å². The highest BCUT2D eigenvalue weighted by molar-refractivity contribution is 9.11. The van der Waals surface area contributed by atoms with E-state index in [0.717, 1.165) is 8.95 Å². The molecule has 20 heavy (non-hydrogen) atoms. The van der Waals surface area contributed by atoms with Crippen molar-refractivity contribution in [2.45, 2.75) is 20.0 Å². The number of rotatable bonds is 4. The van der Waals surface area contributed by atoms with Crippen LogP contribution in [0.2, 0.25) is 0 Å². The molecule has 7 heteroatoms. The Bertz CT molecular complexity index is 628. The molecule has 0 fully saturated rings. The van der Waals surface area contributed by atoms with Crippen molar-refractivity contribution >= 4 is 43.6 Å². The standard InChI is InChI=1S/C13H12Br2N2O3/c1-7-5-12(17-20-7)16-13(18)8(2)19-11-4-3-9(14)6-10(11)15/h3-6,8H,1-2H3,(H,16,17,18). The molecule has 0 radical (unpaired) electrons. The molecule has 2 rings (SSSR count). The fourth-order valence-electron chi connectivity index (χ4n) is 1.47. The number of aryl methyl sites for hydroxylation is 1.